The highest BCUT2D eigenvalue weighted by atomic mass is 16.3. The van der Waals surface area contributed by atoms with Crippen LogP contribution in [0.5, 0.6) is 5.75 Å². The van der Waals surface area contributed by atoms with Crippen LogP contribution < -0.4 is 0 Å². The van der Waals surface area contributed by atoms with Gasteiger partial charge in [-0.2, -0.15) is 0 Å². The molecule has 4 heteroatoms. The smallest absolute Gasteiger partial charge is 0.144 e. The fourth-order valence-electron chi connectivity index (χ4n) is 5.87. The molecule has 3 unspecified atom stereocenters. The molecule has 2 aromatic carbocycles. The Hall–Kier alpha value is -2.46. The van der Waals surface area contributed by atoms with Gasteiger partial charge in [0.05, 0.1) is 0 Å². The molecule has 0 spiro atoms. The minimum Gasteiger partial charge on any atom is -0.508 e. The van der Waals surface area contributed by atoms with Gasteiger partial charge in [0.2, 0.25) is 0 Å². The van der Waals surface area contributed by atoms with E-state index in [4.69, 9.17) is 0 Å². The average molecular weight is 418 g/mol. The monoisotopic (exact) mass is 417 g/mol. The zero-order valence-electron chi connectivity index (χ0n) is 18.1. The molecule has 1 saturated heterocycles. The van der Waals surface area contributed by atoms with Crippen LogP contribution in [0.1, 0.15) is 72.6 Å². The molecular weight excluding hydrogens is 386 g/mol. The van der Waals surface area contributed by atoms with Crippen molar-refractivity contribution in [2.75, 3.05) is 13.1 Å². The van der Waals surface area contributed by atoms with E-state index < -0.39 is 0 Å². The standard InChI is InChI=1S/C27H31NO3/c29-22-8-4-18(5-9-22)14-26(30)24-11-7-19-15-20(6-10-23(19)24)25-16-21(17-27(25)31)28-12-2-1-3-13-28/h4-6,8-10,15,21,24-25,29H,1-3,7,11-14,16-17H2. The zero-order valence-corrected chi connectivity index (χ0v) is 18.1. The Bertz CT molecular complexity index is 974. The highest BCUT2D eigenvalue weighted by Gasteiger charge is 2.38. The first-order valence-electron chi connectivity index (χ1n) is 11.8. The summed E-state index contributed by atoms with van der Waals surface area (Å²) in [6, 6.07) is 13.7. The van der Waals surface area contributed by atoms with Crippen molar-refractivity contribution in [1.29, 1.82) is 0 Å². The summed E-state index contributed by atoms with van der Waals surface area (Å²) in [5.41, 5.74) is 4.48. The van der Waals surface area contributed by atoms with E-state index in [9.17, 15) is 14.7 Å². The molecule has 2 fully saturated rings. The lowest BCUT2D eigenvalue weighted by Crippen LogP contribution is -2.37. The van der Waals surface area contributed by atoms with Crippen molar-refractivity contribution in [3.05, 3.63) is 64.7 Å². The van der Waals surface area contributed by atoms with Gasteiger partial charge < -0.3 is 5.11 Å². The zero-order chi connectivity index (χ0) is 21.4. The molecule has 0 radical (unpaired) electrons. The number of benzene rings is 2. The third kappa shape index (κ3) is 4.18. The van der Waals surface area contributed by atoms with Gasteiger partial charge in [0, 0.05) is 30.7 Å². The quantitative estimate of drug-likeness (QED) is 0.776. The molecule has 1 saturated carbocycles. The van der Waals surface area contributed by atoms with Crippen LogP contribution in [0.15, 0.2) is 42.5 Å². The number of ketones is 2. The Balaban J connectivity index is 1.28. The van der Waals surface area contributed by atoms with Crippen molar-refractivity contribution in [2.24, 2.45) is 0 Å². The first-order valence-corrected chi connectivity index (χ1v) is 11.8. The lowest BCUT2D eigenvalue weighted by atomic mass is 9.89. The van der Waals surface area contributed by atoms with Crippen LogP contribution in [-0.2, 0) is 22.4 Å². The number of hydrogen-bond donors (Lipinski definition) is 1. The minimum atomic E-state index is -0.0572. The first-order chi connectivity index (χ1) is 15.1. The van der Waals surface area contributed by atoms with Crippen molar-refractivity contribution >= 4 is 11.6 Å². The van der Waals surface area contributed by atoms with Gasteiger partial charge >= 0.3 is 0 Å². The highest BCUT2D eigenvalue weighted by Crippen LogP contribution is 2.40. The molecule has 162 valence electrons. The molecule has 1 aliphatic heterocycles. The number of aryl methyl sites for hydroxylation is 1. The summed E-state index contributed by atoms with van der Waals surface area (Å²) in [5, 5.41) is 9.45. The molecule has 5 rings (SSSR count). The number of carbonyl (C=O) groups is 2. The summed E-state index contributed by atoms with van der Waals surface area (Å²) in [7, 11) is 0. The highest BCUT2D eigenvalue weighted by molar-refractivity contribution is 5.90. The van der Waals surface area contributed by atoms with Gasteiger partial charge in [-0.15, -0.1) is 0 Å². The number of hydrogen-bond acceptors (Lipinski definition) is 4. The van der Waals surface area contributed by atoms with Gasteiger partial charge in [-0.05, 0) is 79.6 Å². The molecule has 0 amide bonds. The second-order valence-corrected chi connectivity index (χ2v) is 9.57. The Morgan fingerprint density at radius 3 is 2.58 bits per heavy atom. The number of Topliss-reactive ketones (excluding diaryl/α,β-unsaturated/α-hetero) is 2. The van der Waals surface area contributed by atoms with Crippen LogP contribution in [0.3, 0.4) is 0 Å². The summed E-state index contributed by atoms with van der Waals surface area (Å²) in [6.07, 6.45) is 7.62. The predicted octanol–water partition coefficient (Wildman–Crippen LogP) is 4.53. The average Bonchev–Trinajstić information content (AvgIpc) is 3.39. The second kappa shape index (κ2) is 8.58. The van der Waals surface area contributed by atoms with Crippen LogP contribution in [0.4, 0.5) is 0 Å². The van der Waals surface area contributed by atoms with E-state index in [0.29, 0.717) is 24.7 Å². The third-order valence-corrected chi connectivity index (χ3v) is 7.59. The van der Waals surface area contributed by atoms with E-state index in [2.05, 4.69) is 23.1 Å². The van der Waals surface area contributed by atoms with E-state index >= 15 is 0 Å². The minimum absolute atomic E-state index is 0.0176. The maximum absolute atomic E-state index is 13.0. The third-order valence-electron chi connectivity index (χ3n) is 7.59. The molecule has 3 atom stereocenters. The van der Waals surface area contributed by atoms with Crippen LogP contribution in [-0.4, -0.2) is 40.7 Å². The number of carbonyl (C=O) groups excluding carboxylic acids is 2. The number of fused-ring (bicyclic) bond motifs is 1. The lowest BCUT2D eigenvalue weighted by molar-refractivity contribution is -0.120. The van der Waals surface area contributed by atoms with Crippen LogP contribution in [0.25, 0.3) is 0 Å². The number of piperidine rings is 1. The molecule has 31 heavy (non-hydrogen) atoms. The summed E-state index contributed by atoms with van der Waals surface area (Å²) < 4.78 is 0. The van der Waals surface area contributed by atoms with Gasteiger partial charge in [0.1, 0.15) is 17.3 Å². The van der Waals surface area contributed by atoms with E-state index in [1.807, 2.05) is 12.1 Å². The Kier molecular flexibility index (Phi) is 5.66. The molecule has 0 bridgehead atoms. The molecule has 2 aliphatic carbocycles. The van der Waals surface area contributed by atoms with Crippen molar-refractivity contribution in [2.45, 2.75) is 69.2 Å². The molecule has 1 N–H and O–H groups in total. The van der Waals surface area contributed by atoms with E-state index in [-0.39, 0.29) is 23.4 Å². The van der Waals surface area contributed by atoms with Crippen molar-refractivity contribution in [1.82, 2.24) is 4.90 Å². The Labute approximate surface area is 184 Å². The molecule has 2 aromatic rings. The van der Waals surface area contributed by atoms with Crippen LogP contribution in [0.2, 0.25) is 0 Å². The molecule has 1 heterocycles. The van der Waals surface area contributed by atoms with Crippen molar-refractivity contribution in [3.63, 3.8) is 0 Å². The number of nitrogens with zero attached hydrogens (tertiary/aromatic N) is 1. The fourth-order valence-corrected chi connectivity index (χ4v) is 5.87. The van der Waals surface area contributed by atoms with Crippen LogP contribution >= 0.6 is 0 Å². The van der Waals surface area contributed by atoms with E-state index in [1.54, 1.807) is 12.1 Å². The molecule has 0 aromatic heterocycles. The van der Waals surface area contributed by atoms with Gasteiger partial charge in [0.15, 0.2) is 0 Å². The summed E-state index contributed by atoms with van der Waals surface area (Å²) in [6.45, 7) is 2.28. The SMILES string of the molecule is O=C1CC(N2CCCCC2)CC1c1ccc2c(c1)CCC2C(=O)Cc1ccc(O)cc1. The number of rotatable bonds is 5. The summed E-state index contributed by atoms with van der Waals surface area (Å²) >= 11 is 0. The van der Waals surface area contributed by atoms with Crippen molar-refractivity contribution < 1.29 is 14.7 Å². The summed E-state index contributed by atoms with van der Waals surface area (Å²) in [5.74, 6) is 0.800. The largest absolute Gasteiger partial charge is 0.508 e. The maximum atomic E-state index is 13.0. The Morgan fingerprint density at radius 1 is 1.03 bits per heavy atom. The van der Waals surface area contributed by atoms with E-state index in [1.165, 1.54) is 24.8 Å². The number of aromatic hydroxyl groups is 1. The Morgan fingerprint density at radius 2 is 1.81 bits per heavy atom. The molecule has 4 nitrogen and oxygen atoms in total. The summed E-state index contributed by atoms with van der Waals surface area (Å²) in [4.78, 5) is 28.3. The van der Waals surface area contributed by atoms with E-state index in [0.717, 1.165) is 49.0 Å². The maximum Gasteiger partial charge on any atom is 0.144 e. The number of likely N-dealkylation sites (tertiary alicyclic amines) is 1. The van der Waals surface area contributed by atoms with Gasteiger partial charge in [-0.25, -0.2) is 0 Å². The van der Waals surface area contributed by atoms with Gasteiger partial charge in [-0.3, -0.25) is 14.5 Å². The predicted molar refractivity (Wildman–Crippen MR) is 121 cm³/mol. The normalized spacial score (nSPS) is 26.2. The lowest BCUT2D eigenvalue weighted by Gasteiger charge is -2.31. The second-order valence-electron chi connectivity index (χ2n) is 9.57. The number of phenols is 1. The van der Waals surface area contributed by atoms with Gasteiger partial charge in [-0.1, -0.05) is 36.8 Å². The van der Waals surface area contributed by atoms with Gasteiger partial charge in [0.25, 0.3) is 0 Å². The number of phenolic OH excluding ortho intramolecular Hbond substituents is 1. The topological polar surface area (TPSA) is 57.6 Å². The fraction of sp³-hybridized carbons (Fsp3) is 0.481. The molecule has 3 aliphatic rings. The van der Waals surface area contributed by atoms with Crippen LogP contribution in [0, 0.1) is 0 Å². The first kappa shape index (κ1) is 20.4. The molecular formula is C27H31NO3. The van der Waals surface area contributed by atoms with Crippen molar-refractivity contribution in [3.8, 4) is 5.75 Å².